The lowest BCUT2D eigenvalue weighted by molar-refractivity contribution is 0.569. The molecule has 0 amide bonds. The van der Waals surface area contributed by atoms with E-state index in [4.69, 9.17) is 5.73 Å². The predicted molar refractivity (Wildman–Crippen MR) is 67.5 cm³/mol. The lowest BCUT2D eigenvalue weighted by atomic mass is 10.1. The van der Waals surface area contributed by atoms with Gasteiger partial charge in [0, 0.05) is 19.1 Å². The van der Waals surface area contributed by atoms with Crippen molar-refractivity contribution in [1.29, 1.82) is 0 Å². The molecule has 0 aliphatic carbocycles. The Morgan fingerprint density at radius 1 is 1.56 bits per heavy atom. The second-order valence-electron chi connectivity index (χ2n) is 4.74. The molecule has 0 radical (unpaired) electrons. The third-order valence-corrected chi connectivity index (χ3v) is 3.47. The van der Waals surface area contributed by atoms with Gasteiger partial charge in [0.25, 0.3) is 0 Å². The van der Waals surface area contributed by atoms with Crippen molar-refractivity contribution in [1.82, 2.24) is 4.98 Å². The smallest absolute Gasteiger partial charge is 0.0569 e. The van der Waals surface area contributed by atoms with E-state index in [9.17, 15) is 0 Å². The van der Waals surface area contributed by atoms with Crippen LogP contribution in [-0.2, 0) is 0 Å². The largest absolute Gasteiger partial charge is 0.370 e. The Bertz CT molecular complexity index is 332. The third-order valence-electron chi connectivity index (χ3n) is 3.47. The third kappa shape index (κ3) is 2.35. The Morgan fingerprint density at radius 3 is 2.88 bits per heavy atom. The second kappa shape index (κ2) is 4.83. The Labute approximate surface area is 97.7 Å². The molecule has 1 aromatic heterocycles. The fraction of sp³-hybridized carbons (Fsp3) is 0.615. The van der Waals surface area contributed by atoms with Crippen LogP contribution in [0, 0.1) is 5.92 Å². The van der Waals surface area contributed by atoms with E-state index in [0.717, 1.165) is 18.2 Å². The first-order valence-electron chi connectivity index (χ1n) is 6.17. The van der Waals surface area contributed by atoms with Gasteiger partial charge in [0.15, 0.2) is 0 Å². The molecule has 0 bridgehead atoms. The van der Waals surface area contributed by atoms with Crippen LogP contribution in [-0.4, -0.2) is 18.1 Å². The molecule has 1 unspecified atom stereocenters. The Hall–Kier alpha value is -1.09. The molecule has 2 heterocycles. The van der Waals surface area contributed by atoms with Crippen molar-refractivity contribution in [2.24, 2.45) is 11.7 Å². The summed E-state index contributed by atoms with van der Waals surface area (Å²) >= 11 is 0. The average Bonchev–Trinajstić information content (AvgIpc) is 2.77. The molecule has 88 valence electrons. The zero-order valence-corrected chi connectivity index (χ0v) is 10.2. The van der Waals surface area contributed by atoms with Crippen LogP contribution in [0.15, 0.2) is 18.3 Å². The second-order valence-corrected chi connectivity index (χ2v) is 4.74. The molecular weight excluding hydrogens is 198 g/mol. The van der Waals surface area contributed by atoms with Crippen molar-refractivity contribution in [3.05, 3.63) is 24.0 Å². The molecule has 1 aromatic rings. The number of rotatable bonds is 3. The highest BCUT2D eigenvalue weighted by molar-refractivity contribution is 5.45. The standard InChI is InChI=1S/C13H21N3/c1-3-11-6-7-16(9-11)12-4-5-13(10(2)14)15-8-12/h4-5,8,10-11H,3,6-7,9,14H2,1-2H3/t10-,11?/m1/s1. The minimum atomic E-state index is 0.0241. The zero-order chi connectivity index (χ0) is 11.5. The molecule has 2 rings (SSSR count). The lowest BCUT2D eigenvalue weighted by Crippen LogP contribution is -2.20. The maximum absolute atomic E-state index is 5.78. The zero-order valence-electron chi connectivity index (χ0n) is 10.2. The van der Waals surface area contributed by atoms with E-state index in [1.807, 2.05) is 19.2 Å². The van der Waals surface area contributed by atoms with Gasteiger partial charge in [0.2, 0.25) is 0 Å². The maximum atomic E-state index is 5.78. The topological polar surface area (TPSA) is 42.1 Å². The number of hydrogen-bond donors (Lipinski definition) is 1. The molecule has 3 heteroatoms. The van der Waals surface area contributed by atoms with Gasteiger partial charge in [-0.3, -0.25) is 4.98 Å². The summed E-state index contributed by atoms with van der Waals surface area (Å²) in [6, 6.07) is 4.21. The van der Waals surface area contributed by atoms with Crippen LogP contribution in [0.2, 0.25) is 0 Å². The molecule has 2 N–H and O–H groups in total. The Morgan fingerprint density at radius 2 is 2.38 bits per heavy atom. The van der Waals surface area contributed by atoms with Gasteiger partial charge in [-0.2, -0.15) is 0 Å². The van der Waals surface area contributed by atoms with Crippen molar-refractivity contribution in [3.8, 4) is 0 Å². The van der Waals surface area contributed by atoms with E-state index in [0.29, 0.717) is 0 Å². The number of aromatic nitrogens is 1. The normalized spacial score (nSPS) is 22.4. The van der Waals surface area contributed by atoms with Gasteiger partial charge in [-0.05, 0) is 31.4 Å². The summed E-state index contributed by atoms with van der Waals surface area (Å²) < 4.78 is 0. The van der Waals surface area contributed by atoms with Crippen molar-refractivity contribution >= 4 is 5.69 Å². The average molecular weight is 219 g/mol. The quantitative estimate of drug-likeness (QED) is 0.848. The van der Waals surface area contributed by atoms with Gasteiger partial charge < -0.3 is 10.6 Å². The number of anilines is 1. The molecule has 0 saturated carbocycles. The highest BCUT2D eigenvalue weighted by atomic mass is 15.2. The molecule has 2 atom stereocenters. The molecular formula is C13H21N3. The van der Waals surface area contributed by atoms with Crippen LogP contribution in [0.1, 0.15) is 38.4 Å². The molecule has 0 aromatic carbocycles. The van der Waals surface area contributed by atoms with Crippen LogP contribution in [0.25, 0.3) is 0 Å². The van der Waals surface area contributed by atoms with Gasteiger partial charge in [-0.25, -0.2) is 0 Å². The van der Waals surface area contributed by atoms with Crippen LogP contribution in [0.4, 0.5) is 5.69 Å². The van der Waals surface area contributed by atoms with Gasteiger partial charge >= 0.3 is 0 Å². The SMILES string of the molecule is CCC1CCN(c2ccc([C@@H](C)N)nc2)C1. The van der Waals surface area contributed by atoms with E-state index in [-0.39, 0.29) is 6.04 Å². The van der Waals surface area contributed by atoms with Gasteiger partial charge in [-0.1, -0.05) is 13.3 Å². The first kappa shape index (κ1) is 11.4. The molecule has 3 nitrogen and oxygen atoms in total. The first-order chi connectivity index (χ1) is 7.70. The van der Waals surface area contributed by atoms with Crippen LogP contribution < -0.4 is 10.6 Å². The highest BCUT2D eigenvalue weighted by Gasteiger charge is 2.21. The van der Waals surface area contributed by atoms with E-state index in [1.165, 1.54) is 25.1 Å². The van der Waals surface area contributed by atoms with Crippen molar-refractivity contribution in [2.45, 2.75) is 32.7 Å². The van der Waals surface area contributed by atoms with E-state index >= 15 is 0 Å². The Kier molecular flexibility index (Phi) is 3.44. The number of hydrogen-bond acceptors (Lipinski definition) is 3. The Balaban J connectivity index is 2.05. The van der Waals surface area contributed by atoms with E-state index in [1.54, 1.807) is 0 Å². The summed E-state index contributed by atoms with van der Waals surface area (Å²) in [6.07, 6.45) is 4.55. The molecule has 1 fully saturated rings. The van der Waals surface area contributed by atoms with Crippen LogP contribution >= 0.6 is 0 Å². The molecule has 16 heavy (non-hydrogen) atoms. The fourth-order valence-corrected chi connectivity index (χ4v) is 2.25. The van der Waals surface area contributed by atoms with Crippen molar-refractivity contribution in [3.63, 3.8) is 0 Å². The van der Waals surface area contributed by atoms with Crippen molar-refractivity contribution in [2.75, 3.05) is 18.0 Å². The van der Waals surface area contributed by atoms with E-state index < -0.39 is 0 Å². The van der Waals surface area contributed by atoms with Gasteiger partial charge in [0.05, 0.1) is 17.6 Å². The molecule has 1 saturated heterocycles. The fourth-order valence-electron chi connectivity index (χ4n) is 2.25. The monoisotopic (exact) mass is 219 g/mol. The van der Waals surface area contributed by atoms with Crippen molar-refractivity contribution < 1.29 is 0 Å². The summed E-state index contributed by atoms with van der Waals surface area (Å²) in [5.41, 5.74) is 7.99. The molecule has 1 aliphatic heterocycles. The summed E-state index contributed by atoms with van der Waals surface area (Å²) in [4.78, 5) is 6.83. The summed E-state index contributed by atoms with van der Waals surface area (Å²) in [6.45, 7) is 6.57. The maximum Gasteiger partial charge on any atom is 0.0569 e. The molecule has 0 spiro atoms. The minimum absolute atomic E-state index is 0.0241. The van der Waals surface area contributed by atoms with Crippen LogP contribution in [0.5, 0.6) is 0 Å². The number of nitrogens with two attached hydrogens (primary N) is 1. The highest BCUT2D eigenvalue weighted by Crippen LogP contribution is 2.25. The summed E-state index contributed by atoms with van der Waals surface area (Å²) in [5, 5.41) is 0. The predicted octanol–water partition coefficient (Wildman–Crippen LogP) is 2.34. The van der Waals surface area contributed by atoms with Crippen LogP contribution in [0.3, 0.4) is 0 Å². The summed E-state index contributed by atoms with van der Waals surface area (Å²) in [7, 11) is 0. The van der Waals surface area contributed by atoms with Gasteiger partial charge in [0.1, 0.15) is 0 Å². The number of pyridine rings is 1. The van der Waals surface area contributed by atoms with E-state index in [2.05, 4.69) is 22.9 Å². The van der Waals surface area contributed by atoms with Gasteiger partial charge in [-0.15, -0.1) is 0 Å². The summed E-state index contributed by atoms with van der Waals surface area (Å²) in [5.74, 6) is 0.855. The first-order valence-corrected chi connectivity index (χ1v) is 6.17. The number of nitrogens with zero attached hydrogens (tertiary/aromatic N) is 2. The minimum Gasteiger partial charge on any atom is -0.370 e. The molecule has 1 aliphatic rings. The lowest BCUT2D eigenvalue weighted by Gasteiger charge is -2.18.